The highest BCUT2D eigenvalue weighted by atomic mass is 16.5. The Kier molecular flexibility index (Phi) is 4.67. The standard InChI is InChI=1S/C13H16N4O3/c14-10(6-7-15-13(18)19)12-16-11(17-20-12)8-9-4-2-1-3-5-9/h1-5,10,15H,6-8,14H2,(H,18,19). The third-order valence-electron chi connectivity index (χ3n) is 2.74. The third kappa shape index (κ3) is 4.06. The topological polar surface area (TPSA) is 114 Å². The van der Waals surface area contributed by atoms with E-state index in [1.165, 1.54) is 0 Å². The van der Waals surface area contributed by atoms with Crippen LogP contribution in [0, 0.1) is 0 Å². The number of benzene rings is 1. The van der Waals surface area contributed by atoms with Gasteiger partial charge in [0.15, 0.2) is 5.82 Å². The molecule has 1 amide bonds. The first kappa shape index (κ1) is 14.0. The largest absolute Gasteiger partial charge is 0.465 e. The smallest absolute Gasteiger partial charge is 0.404 e. The number of amides is 1. The van der Waals surface area contributed by atoms with Crippen molar-refractivity contribution < 1.29 is 14.4 Å². The minimum Gasteiger partial charge on any atom is -0.465 e. The summed E-state index contributed by atoms with van der Waals surface area (Å²) in [5.41, 5.74) is 6.94. The summed E-state index contributed by atoms with van der Waals surface area (Å²) in [5.74, 6) is 0.885. The molecule has 20 heavy (non-hydrogen) atoms. The molecule has 1 aromatic heterocycles. The molecule has 0 aliphatic heterocycles. The summed E-state index contributed by atoms with van der Waals surface area (Å²) in [6.07, 6.45) is -0.100. The highest BCUT2D eigenvalue weighted by Crippen LogP contribution is 2.13. The van der Waals surface area contributed by atoms with Gasteiger partial charge in [-0.15, -0.1) is 0 Å². The number of nitrogens with two attached hydrogens (primary N) is 1. The van der Waals surface area contributed by atoms with Gasteiger partial charge in [-0.3, -0.25) is 0 Å². The fraction of sp³-hybridized carbons (Fsp3) is 0.308. The van der Waals surface area contributed by atoms with Crippen LogP contribution >= 0.6 is 0 Å². The van der Waals surface area contributed by atoms with Gasteiger partial charge in [-0.2, -0.15) is 4.98 Å². The van der Waals surface area contributed by atoms with Crippen LogP contribution in [0.4, 0.5) is 4.79 Å². The number of carbonyl (C=O) groups is 1. The van der Waals surface area contributed by atoms with E-state index in [-0.39, 0.29) is 6.54 Å². The van der Waals surface area contributed by atoms with Gasteiger partial charge in [0.2, 0.25) is 5.89 Å². The zero-order valence-electron chi connectivity index (χ0n) is 10.8. The molecule has 1 unspecified atom stereocenters. The van der Waals surface area contributed by atoms with Crippen LogP contribution in [-0.4, -0.2) is 27.9 Å². The Morgan fingerprint density at radius 2 is 2.15 bits per heavy atom. The van der Waals surface area contributed by atoms with E-state index in [2.05, 4.69) is 15.5 Å². The number of rotatable bonds is 6. The van der Waals surface area contributed by atoms with Crippen LogP contribution in [0.5, 0.6) is 0 Å². The van der Waals surface area contributed by atoms with Crippen molar-refractivity contribution in [2.75, 3.05) is 6.54 Å². The Morgan fingerprint density at radius 1 is 1.40 bits per heavy atom. The minimum absolute atomic E-state index is 0.243. The van der Waals surface area contributed by atoms with E-state index in [4.69, 9.17) is 15.4 Å². The van der Waals surface area contributed by atoms with Crippen molar-refractivity contribution in [3.63, 3.8) is 0 Å². The Hall–Kier alpha value is -2.41. The van der Waals surface area contributed by atoms with Crippen molar-refractivity contribution in [2.24, 2.45) is 5.73 Å². The first-order chi connectivity index (χ1) is 9.65. The highest BCUT2D eigenvalue weighted by Gasteiger charge is 2.15. The average Bonchev–Trinajstić information content (AvgIpc) is 2.88. The lowest BCUT2D eigenvalue weighted by Gasteiger charge is -2.05. The molecule has 4 N–H and O–H groups in total. The van der Waals surface area contributed by atoms with E-state index < -0.39 is 12.1 Å². The Labute approximate surface area is 115 Å². The zero-order chi connectivity index (χ0) is 14.4. The Morgan fingerprint density at radius 3 is 2.85 bits per heavy atom. The average molecular weight is 276 g/mol. The van der Waals surface area contributed by atoms with Crippen molar-refractivity contribution in [1.29, 1.82) is 0 Å². The van der Waals surface area contributed by atoms with Gasteiger partial charge in [-0.05, 0) is 12.0 Å². The molecule has 0 radical (unpaired) electrons. The molecule has 0 fully saturated rings. The number of hydrogen-bond donors (Lipinski definition) is 3. The molecule has 0 aliphatic carbocycles. The second-order valence-corrected chi connectivity index (χ2v) is 4.34. The molecule has 0 bridgehead atoms. The number of nitrogens with one attached hydrogen (secondary N) is 1. The fourth-order valence-corrected chi connectivity index (χ4v) is 1.73. The summed E-state index contributed by atoms with van der Waals surface area (Å²) < 4.78 is 5.09. The molecule has 7 heteroatoms. The molecule has 106 valence electrons. The number of aromatic nitrogens is 2. The minimum atomic E-state index is -1.08. The number of carboxylic acid groups (broad SMARTS) is 1. The molecule has 2 rings (SSSR count). The second kappa shape index (κ2) is 6.67. The lowest BCUT2D eigenvalue weighted by atomic mass is 10.1. The van der Waals surface area contributed by atoms with Crippen molar-refractivity contribution in [3.05, 3.63) is 47.6 Å². The lowest BCUT2D eigenvalue weighted by Crippen LogP contribution is -2.25. The molecule has 0 spiro atoms. The Bertz CT molecular complexity index is 556. The maximum atomic E-state index is 10.3. The van der Waals surface area contributed by atoms with Gasteiger partial charge in [-0.1, -0.05) is 35.5 Å². The second-order valence-electron chi connectivity index (χ2n) is 4.34. The van der Waals surface area contributed by atoms with E-state index in [1.807, 2.05) is 30.3 Å². The summed E-state index contributed by atoms with van der Waals surface area (Å²) in [7, 11) is 0. The number of nitrogens with zero attached hydrogens (tertiary/aromatic N) is 2. The molecular formula is C13H16N4O3. The van der Waals surface area contributed by atoms with Crippen LogP contribution in [0.1, 0.15) is 29.7 Å². The molecule has 1 atom stereocenters. The van der Waals surface area contributed by atoms with Crippen LogP contribution < -0.4 is 11.1 Å². The molecule has 1 aromatic carbocycles. The molecule has 7 nitrogen and oxygen atoms in total. The predicted molar refractivity (Wildman–Crippen MR) is 71.1 cm³/mol. The zero-order valence-corrected chi connectivity index (χ0v) is 10.8. The van der Waals surface area contributed by atoms with Crippen LogP contribution in [0.2, 0.25) is 0 Å². The van der Waals surface area contributed by atoms with Crippen molar-refractivity contribution >= 4 is 6.09 Å². The van der Waals surface area contributed by atoms with Crippen molar-refractivity contribution in [3.8, 4) is 0 Å². The first-order valence-electron chi connectivity index (χ1n) is 6.24. The summed E-state index contributed by atoms with van der Waals surface area (Å²) in [5, 5.41) is 14.6. The van der Waals surface area contributed by atoms with Crippen LogP contribution in [-0.2, 0) is 6.42 Å². The van der Waals surface area contributed by atoms with Gasteiger partial charge in [0, 0.05) is 13.0 Å². The van der Waals surface area contributed by atoms with Gasteiger partial charge in [0.1, 0.15) is 0 Å². The summed E-state index contributed by atoms with van der Waals surface area (Å²) in [4.78, 5) is 14.5. The van der Waals surface area contributed by atoms with Crippen molar-refractivity contribution in [1.82, 2.24) is 15.5 Å². The summed E-state index contributed by atoms with van der Waals surface area (Å²) in [6.45, 7) is 0.243. The van der Waals surface area contributed by atoms with Crippen LogP contribution in [0.15, 0.2) is 34.9 Å². The predicted octanol–water partition coefficient (Wildman–Crippen LogP) is 1.32. The van der Waals surface area contributed by atoms with E-state index in [9.17, 15) is 4.79 Å². The maximum absolute atomic E-state index is 10.3. The highest BCUT2D eigenvalue weighted by molar-refractivity contribution is 5.64. The van der Waals surface area contributed by atoms with E-state index in [1.54, 1.807) is 0 Å². The molecule has 1 heterocycles. The van der Waals surface area contributed by atoms with Gasteiger partial charge in [0.25, 0.3) is 0 Å². The van der Waals surface area contributed by atoms with Crippen molar-refractivity contribution in [2.45, 2.75) is 18.9 Å². The van der Waals surface area contributed by atoms with Gasteiger partial charge >= 0.3 is 6.09 Å². The fourth-order valence-electron chi connectivity index (χ4n) is 1.73. The van der Waals surface area contributed by atoms with E-state index >= 15 is 0 Å². The van der Waals surface area contributed by atoms with Gasteiger partial charge in [0.05, 0.1) is 6.04 Å². The van der Waals surface area contributed by atoms with Crippen LogP contribution in [0.3, 0.4) is 0 Å². The first-order valence-corrected chi connectivity index (χ1v) is 6.24. The quantitative estimate of drug-likeness (QED) is 0.733. The summed E-state index contributed by atoms with van der Waals surface area (Å²) in [6, 6.07) is 9.31. The molecule has 2 aromatic rings. The van der Waals surface area contributed by atoms with E-state index in [0.717, 1.165) is 5.56 Å². The maximum Gasteiger partial charge on any atom is 0.404 e. The van der Waals surface area contributed by atoms with Crippen LogP contribution in [0.25, 0.3) is 0 Å². The SMILES string of the molecule is NC(CCNC(=O)O)c1nc(Cc2ccccc2)no1. The van der Waals surface area contributed by atoms with E-state index in [0.29, 0.717) is 24.6 Å². The van der Waals surface area contributed by atoms with Gasteiger partial charge < -0.3 is 20.7 Å². The molecular weight excluding hydrogens is 260 g/mol. The Balaban J connectivity index is 1.89. The lowest BCUT2D eigenvalue weighted by molar-refractivity contribution is 0.194. The number of hydrogen-bond acceptors (Lipinski definition) is 5. The molecule has 0 saturated heterocycles. The normalized spacial score (nSPS) is 12.1. The monoisotopic (exact) mass is 276 g/mol. The molecule has 0 saturated carbocycles. The third-order valence-corrected chi connectivity index (χ3v) is 2.74. The molecule has 0 aliphatic rings. The summed E-state index contributed by atoms with van der Waals surface area (Å²) >= 11 is 0. The van der Waals surface area contributed by atoms with Gasteiger partial charge in [-0.25, -0.2) is 4.79 Å².